The highest BCUT2D eigenvalue weighted by molar-refractivity contribution is 6.02. The van der Waals surface area contributed by atoms with Gasteiger partial charge >= 0.3 is 6.09 Å². The van der Waals surface area contributed by atoms with Gasteiger partial charge in [-0.2, -0.15) is 0 Å². The second kappa shape index (κ2) is 12.7. The maximum Gasteiger partial charge on any atom is 0.414 e. The minimum atomic E-state index is -0.542. The van der Waals surface area contributed by atoms with E-state index in [1.54, 1.807) is 55.4 Å². The summed E-state index contributed by atoms with van der Waals surface area (Å²) in [6.07, 6.45) is 4.49. The summed E-state index contributed by atoms with van der Waals surface area (Å²) in [6, 6.07) is 11.7. The van der Waals surface area contributed by atoms with Crippen molar-refractivity contribution < 1.29 is 28.3 Å². The minimum absolute atomic E-state index is 0.170. The van der Waals surface area contributed by atoms with Crippen LogP contribution in [0.25, 0.3) is 11.1 Å². The molecule has 2 aromatic rings. The monoisotopic (exact) mass is 522 g/mol. The Morgan fingerprint density at radius 2 is 1.84 bits per heavy atom. The van der Waals surface area contributed by atoms with Gasteiger partial charge in [-0.05, 0) is 41.8 Å². The Morgan fingerprint density at radius 3 is 2.42 bits per heavy atom. The fraction of sp³-hybridized carbons (Fsp3) is 0.286. The van der Waals surface area contributed by atoms with Crippen LogP contribution in [0.4, 0.5) is 14.9 Å². The first-order chi connectivity index (χ1) is 18.1. The number of imide groups is 1. The molecule has 1 aliphatic rings. The molecule has 0 radical (unpaired) electrons. The van der Waals surface area contributed by atoms with Crippen LogP contribution in [0.2, 0.25) is 0 Å². The minimum Gasteiger partial charge on any atom is -0.444 e. The Bertz CT molecular complexity index is 1260. The van der Waals surface area contributed by atoms with Crippen molar-refractivity contribution in [2.75, 3.05) is 32.6 Å². The number of nitrogens with one attached hydrogen (secondary N) is 1. The molecule has 0 unspecified atom stereocenters. The molecule has 0 aromatic heterocycles. The largest absolute Gasteiger partial charge is 0.444 e. The third-order valence-electron chi connectivity index (χ3n) is 5.86. The van der Waals surface area contributed by atoms with Gasteiger partial charge in [0.1, 0.15) is 11.9 Å². The number of carbonyl (C=O) groups excluding carboxylic acids is 4. The number of carbonyl (C=O) groups is 4. The summed E-state index contributed by atoms with van der Waals surface area (Å²) >= 11 is 0. The lowest BCUT2D eigenvalue weighted by atomic mass is 10.0. The Labute approximate surface area is 221 Å². The summed E-state index contributed by atoms with van der Waals surface area (Å²) in [7, 11) is 4.77. The van der Waals surface area contributed by atoms with Crippen LogP contribution in [0.1, 0.15) is 18.9 Å². The molecule has 38 heavy (non-hydrogen) atoms. The summed E-state index contributed by atoms with van der Waals surface area (Å²) in [6.45, 7) is 2.54. The highest BCUT2D eigenvalue weighted by atomic mass is 19.1. The van der Waals surface area contributed by atoms with Crippen molar-refractivity contribution in [2.24, 2.45) is 0 Å². The molecule has 1 fully saturated rings. The summed E-state index contributed by atoms with van der Waals surface area (Å²) in [5, 5.41) is 2.73. The summed E-state index contributed by atoms with van der Waals surface area (Å²) in [4.78, 5) is 51.4. The Morgan fingerprint density at radius 1 is 1.13 bits per heavy atom. The van der Waals surface area contributed by atoms with Crippen LogP contribution < -0.4 is 10.2 Å². The topological polar surface area (TPSA) is 99.3 Å². The number of rotatable bonds is 10. The molecule has 1 aliphatic heterocycles. The summed E-state index contributed by atoms with van der Waals surface area (Å²) in [5.41, 5.74) is 2.44. The average Bonchev–Trinajstić information content (AvgIpc) is 3.29. The lowest BCUT2D eigenvalue weighted by Crippen LogP contribution is -2.27. The zero-order chi connectivity index (χ0) is 27.8. The van der Waals surface area contributed by atoms with Crippen LogP contribution >= 0.6 is 0 Å². The highest BCUT2D eigenvalue weighted by Crippen LogP contribution is 2.29. The molecule has 200 valence electrons. The van der Waals surface area contributed by atoms with Crippen molar-refractivity contribution in [1.82, 2.24) is 15.1 Å². The van der Waals surface area contributed by atoms with E-state index in [0.717, 1.165) is 10.5 Å². The lowest BCUT2D eigenvalue weighted by molar-refractivity contribution is -0.133. The highest BCUT2D eigenvalue weighted by Gasteiger charge is 2.31. The number of amides is 4. The van der Waals surface area contributed by atoms with E-state index in [1.165, 1.54) is 36.4 Å². The number of anilines is 1. The van der Waals surface area contributed by atoms with Gasteiger partial charge in [0.15, 0.2) is 0 Å². The van der Waals surface area contributed by atoms with E-state index in [1.807, 2.05) is 6.92 Å². The van der Waals surface area contributed by atoms with Crippen LogP contribution in [-0.2, 0) is 25.7 Å². The van der Waals surface area contributed by atoms with Crippen molar-refractivity contribution in [2.45, 2.75) is 26.0 Å². The van der Waals surface area contributed by atoms with Crippen LogP contribution in [0, 0.1) is 5.82 Å². The quantitative estimate of drug-likeness (QED) is 0.292. The smallest absolute Gasteiger partial charge is 0.414 e. The third kappa shape index (κ3) is 7.06. The predicted molar refractivity (Wildman–Crippen MR) is 141 cm³/mol. The number of halogens is 1. The number of hydrogen-bond acceptors (Lipinski definition) is 6. The van der Waals surface area contributed by atoms with Crippen LogP contribution in [0.5, 0.6) is 0 Å². The van der Waals surface area contributed by atoms with Crippen LogP contribution in [0.3, 0.4) is 0 Å². The zero-order valence-electron chi connectivity index (χ0n) is 21.8. The number of nitrogens with zero attached hydrogens (tertiary/aromatic N) is 3. The number of benzene rings is 2. The van der Waals surface area contributed by atoms with Gasteiger partial charge in [0.2, 0.25) is 12.3 Å². The Hall–Kier alpha value is -4.47. The number of cyclic esters (lactones) is 1. The number of hydrogen-bond donors (Lipinski definition) is 1. The molecule has 0 bridgehead atoms. The molecule has 1 heterocycles. The van der Waals surface area contributed by atoms with E-state index in [0.29, 0.717) is 36.2 Å². The van der Waals surface area contributed by atoms with E-state index in [2.05, 4.69) is 5.32 Å². The first kappa shape index (κ1) is 28.1. The third-order valence-corrected chi connectivity index (χ3v) is 5.86. The molecule has 9 nitrogen and oxygen atoms in total. The van der Waals surface area contributed by atoms with Crippen molar-refractivity contribution in [3.05, 3.63) is 77.8 Å². The molecule has 0 spiro atoms. The second-order valence-electron chi connectivity index (χ2n) is 9.01. The zero-order valence-corrected chi connectivity index (χ0v) is 21.8. The van der Waals surface area contributed by atoms with Crippen molar-refractivity contribution in [1.29, 1.82) is 0 Å². The molecular weight excluding hydrogens is 491 g/mol. The van der Waals surface area contributed by atoms with E-state index < -0.39 is 23.7 Å². The van der Waals surface area contributed by atoms with Crippen molar-refractivity contribution >= 4 is 30.0 Å². The van der Waals surface area contributed by atoms with E-state index in [9.17, 15) is 23.6 Å². The SMILES string of the molecule is CC[C@H]1CN(c2ccc(-c3ccc(CNC(=O)/C=C/C(=C/N(C)C)C(=O)N(C)C=O)cc3)c(F)c2)C(=O)O1. The first-order valence-electron chi connectivity index (χ1n) is 12.1. The average molecular weight is 523 g/mol. The standard InChI is InChI=1S/C28H31FN4O5/c1-5-23-17-33(28(37)38-23)22-11-12-24(25(29)14-22)20-8-6-19(7-9-20)15-30-26(35)13-10-21(16-31(2)3)27(36)32(4)18-34/h6-14,16,18,23H,5,15,17H2,1-4H3,(H,30,35)/b13-10+,21-16-/t23-/m0/s1. The molecule has 2 aromatic carbocycles. The molecule has 1 N–H and O–H groups in total. The van der Waals surface area contributed by atoms with Gasteiger partial charge in [0, 0.05) is 45.5 Å². The molecular formula is C28H31FN4O5. The molecule has 3 rings (SSSR count). The van der Waals surface area contributed by atoms with Gasteiger partial charge < -0.3 is 15.0 Å². The van der Waals surface area contributed by atoms with Gasteiger partial charge in [-0.1, -0.05) is 31.2 Å². The normalized spacial score (nSPS) is 15.4. The summed E-state index contributed by atoms with van der Waals surface area (Å²) < 4.78 is 20.2. The molecule has 1 saturated heterocycles. The maximum absolute atomic E-state index is 14.9. The van der Waals surface area contributed by atoms with E-state index in [4.69, 9.17) is 4.74 Å². The lowest BCUT2D eigenvalue weighted by Gasteiger charge is -2.14. The molecule has 4 amide bonds. The van der Waals surface area contributed by atoms with E-state index >= 15 is 0 Å². The molecule has 0 aliphatic carbocycles. The first-order valence-corrected chi connectivity index (χ1v) is 12.1. The van der Waals surface area contributed by atoms with Gasteiger partial charge in [-0.15, -0.1) is 0 Å². The van der Waals surface area contributed by atoms with Crippen LogP contribution in [-0.4, -0.2) is 67.9 Å². The Balaban J connectivity index is 1.62. The fourth-order valence-corrected chi connectivity index (χ4v) is 3.77. The predicted octanol–water partition coefficient (Wildman–Crippen LogP) is 3.46. The molecule has 1 atom stereocenters. The number of ether oxygens (including phenoxy) is 1. The van der Waals surface area contributed by atoms with Gasteiger partial charge in [0.25, 0.3) is 5.91 Å². The maximum atomic E-state index is 14.9. The molecule has 10 heteroatoms. The molecule has 0 saturated carbocycles. The number of likely N-dealkylation sites (N-methyl/N-ethyl adjacent to an activating group) is 1. The Kier molecular flexibility index (Phi) is 9.37. The van der Waals surface area contributed by atoms with Crippen molar-refractivity contribution in [3.63, 3.8) is 0 Å². The van der Waals surface area contributed by atoms with Gasteiger partial charge in [0.05, 0.1) is 17.8 Å². The van der Waals surface area contributed by atoms with Crippen molar-refractivity contribution in [3.8, 4) is 11.1 Å². The van der Waals surface area contributed by atoms with Crippen LogP contribution in [0.15, 0.2) is 66.4 Å². The van der Waals surface area contributed by atoms with Gasteiger partial charge in [-0.3, -0.25) is 24.2 Å². The van der Waals surface area contributed by atoms with Gasteiger partial charge in [-0.25, -0.2) is 9.18 Å². The fourth-order valence-electron chi connectivity index (χ4n) is 3.77. The summed E-state index contributed by atoms with van der Waals surface area (Å²) in [5.74, 6) is -1.43. The van der Waals surface area contributed by atoms with E-state index in [-0.39, 0.29) is 18.2 Å². The second-order valence-corrected chi connectivity index (χ2v) is 9.01.